The van der Waals surface area contributed by atoms with Gasteiger partial charge in [-0.1, -0.05) is 12.8 Å². The summed E-state index contributed by atoms with van der Waals surface area (Å²) in [6.07, 6.45) is 9.38. The van der Waals surface area contributed by atoms with Crippen LogP contribution in [0.2, 0.25) is 0 Å². The average Bonchev–Trinajstić information content (AvgIpc) is 2.99. The maximum absolute atomic E-state index is 11.4. The number of hydrogen-bond donors (Lipinski definition) is 1. The minimum Gasteiger partial charge on any atom is -0.370 e. The summed E-state index contributed by atoms with van der Waals surface area (Å²) in [5.74, 6) is 0.695. The van der Waals surface area contributed by atoms with E-state index >= 15 is 0 Å². The van der Waals surface area contributed by atoms with Crippen LogP contribution in [-0.4, -0.2) is 44.2 Å². The second kappa shape index (κ2) is 5.34. The lowest BCUT2D eigenvalue weighted by Gasteiger charge is -2.27. The zero-order valence-electron chi connectivity index (χ0n) is 11.6. The molecule has 0 amide bonds. The number of ether oxygens (including phenoxy) is 1. The maximum Gasteiger partial charge on any atom is 0.150 e. The fraction of sp³-hybridized carbons (Fsp3) is 1.00. The Morgan fingerprint density at radius 1 is 1.05 bits per heavy atom. The van der Waals surface area contributed by atoms with Crippen molar-refractivity contribution < 1.29 is 13.2 Å². The molecule has 0 aromatic rings. The summed E-state index contributed by atoms with van der Waals surface area (Å²) in [5, 5.41) is 3.52. The van der Waals surface area contributed by atoms with E-state index in [-0.39, 0.29) is 5.60 Å². The van der Waals surface area contributed by atoms with Gasteiger partial charge < -0.3 is 10.1 Å². The van der Waals surface area contributed by atoms with Gasteiger partial charge in [0.05, 0.1) is 23.2 Å². The van der Waals surface area contributed by atoms with Crippen molar-refractivity contribution in [3.8, 4) is 0 Å². The van der Waals surface area contributed by atoms with Crippen molar-refractivity contribution in [2.45, 2.75) is 69.1 Å². The molecule has 5 heteroatoms. The Balaban J connectivity index is 1.41. The van der Waals surface area contributed by atoms with E-state index in [0.29, 0.717) is 23.7 Å². The minimum atomic E-state index is -2.74. The smallest absolute Gasteiger partial charge is 0.150 e. The normalized spacial score (nSPS) is 34.0. The van der Waals surface area contributed by atoms with E-state index in [9.17, 15) is 8.42 Å². The first-order valence-electron chi connectivity index (χ1n) is 7.69. The molecule has 1 spiro atoms. The number of sulfone groups is 1. The standard InChI is InChI=1S/C14H25NO3S/c16-19(17)9-4-12(5-10-19)15-11-13-3-8-14(18-13)6-1-2-7-14/h12-13,15H,1-11H2. The van der Waals surface area contributed by atoms with Crippen LogP contribution < -0.4 is 5.32 Å². The second-order valence-corrected chi connectivity index (χ2v) is 8.81. The molecule has 2 aliphatic heterocycles. The Bertz CT molecular complexity index is 400. The van der Waals surface area contributed by atoms with Crippen molar-refractivity contribution in [1.82, 2.24) is 5.32 Å². The van der Waals surface area contributed by atoms with Crippen LogP contribution >= 0.6 is 0 Å². The summed E-state index contributed by atoms with van der Waals surface area (Å²) in [7, 11) is -2.74. The van der Waals surface area contributed by atoms with Gasteiger partial charge in [-0.2, -0.15) is 0 Å². The molecule has 1 aliphatic carbocycles. The van der Waals surface area contributed by atoms with Gasteiger partial charge in [0.15, 0.2) is 0 Å². The molecule has 1 unspecified atom stereocenters. The Kier molecular flexibility index (Phi) is 3.89. The molecular formula is C14H25NO3S. The zero-order valence-corrected chi connectivity index (χ0v) is 12.4. The fourth-order valence-electron chi connectivity index (χ4n) is 3.82. The summed E-state index contributed by atoms with van der Waals surface area (Å²) < 4.78 is 29.0. The van der Waals surface area contributed by atoms with Crippen LogP contribution in [0, 0.1) is 0 Å². The quantitative estimate of drug-likeness (QED) is 0.857. The average molecular weight is 287 g/mol. The molecule has 3 aliphatic rings. The Hall–Kier alpha value is -0.130. The molecule has 19 heavy (non-hydrogen) atoms. The van der Waals surface area contributed by atoms with Gasteiger partial charge in [-0.05, 0) is 38.5 Å². The highest BCUT2D eigenvalue weighted by Crippen LogP contribution is 2.43. The molecule has 0 aromatic carbocycles. The van der Waals surface area contributed by atoms with Crippen LogP contribution in [0.15, 0.2) is 0 Å². The summed E-state index contributed by atoms with van der Waals surface area (Å²) in [5.41, 5.74) is 0.211. The molecule has 1 atom stereocenters. The largest absolute Gasteiger partial charge is 0.370 e. The Morgan fingerprint density at radius 3 is 2.42 bits per heavy atom. The van der Waals surface area contributed by atoms with Crippen LogP contribution in [-0.2, 0) is 14.6 Å². The van der Waals surface area contributed by atoms with E-state index < -0.39 is 9.84 Å². The van der Waals surface area contributed by atoms with Gasteiger partial charge in [0, 0.05) is 12.6 Å². The highest BCUT2D eigenvalue weighted by molar-refractivity contribution is 7.91. The zero-order chi connectivity index (χ0) is 13.3. The summed E-state index contributed by atoms with van der Waals surface area (Å²) in [6, 6.07) is 0.368. The van der Waals surface area contributed by atoms with Gasteiger partial charge in [0.1, 0.15) is 9.84 Å². The van der Waals surface area contributed by atoms with E-state index in [2.05, 4.69) is 5.32 Å². The van der Waals surface area contributed by atoms with Crippen molar-refractivity contribution in [3.63, 3.8) is 0 Å². The minimum absolute atomic E-state index is 0.211. The lowest BCUT2D eigenvalue weighted by Crippen LogP contribution is -2.41. The molecule has 0 radical (unpaired) electrons. The maximum atomic E-state index is 11.4. The predicted octanol–water partition coefficient (Wildman–Crippen LogP) is 1.64. The van der Waals surface area contributed by atoms with Crippen LogP contribution in [0.25, 0.3) is 0 Å². The lowest BCUT2D eigenvalue weighted by molar-refractivity contribution is -0.0359. The molecule has 2 saturated heterocycles. The first-order chi connectivity index (χ1) is 9.07. The molecule has 3 fully saturated rings. The molecule has 4 nitrogen and oxygen atoms in total. The van der Waals surface area contributed by atoms with Gasteiger partial charge in [-0.3, -0.25) is 0 Å². The van der Waals surface area contributed by atoms with E-state index in [4.69, 9.17) is 4.74 Å². The van der Waals surface area contributed by atoms with Gasteiger partial charge >= 0.3 is 0 Å². The van der Waals surface area contributed by atoms with Crippen LogP contribution in [0.3, 0.4) is 0 Å². The first kappa shape index (κ1) is 13.8. The summed E-state index contributed by atoms with van der Waals surface area (Å²) in [4.78, 5) is 0. The monoisotopic (exact) mass is 287 g/mol. The van der Waals surface area contributed by atoms with Crippen molar-refractivity contribution in [3.05, 3.63) is 0 Å². The molecule has 2 heterocycles. The SMILES string of the molecule is O=S1(=O)CCC(NCC2CCC3(CCCC3)O2)CC1. The van der Waals surface area contributed by atoms with Crippen molar-refractivity contribution in [1.29, 1.82) is 0 Å². The van der Waals surface area contributed by atoms with E-state index in [1.807, 2.05) is 0 Å². The Morgan fingerprint density at radius 2 is 1.74 bits per heavy atom. The predicted molar refractivity (Wildman–Crippen MR) is 75.0 cm³/mol. The molecule has 0 bridgehead atoms. The molecule has 1 saturated carbocycles. The number of nitrogens with one attached hydrogen (secondary N) is 1. The van der Waals surface area contributed by atoms with E-state index in [1.54, 1.807) is 0 Å². The fourth-order valence-corrected chi connectivity index (χ4v) is 5.31. The number of hydrogen-bond acceptors (Lipinski definition) is 4. The lowest BCUT2D eigenvalue weighted by atomic mass is 9.98. The highest BCUT2D eigenvalue weighted by Gasteiger charge is 2.42. The van der Waals surface area contributed by atoms with Gasteiger partial charge in [-0.15, -0.1) is 0 Å². The van der Waals surface area contributed by atoms with Crippen LogP contribution in [0.1, 0.15) is 51.4 Å². The van der Waals surface area contributed by atoms with Gasteiger partial charge in [-0.25, -0.2) is 8.42 Å². The third-order valence-corrected chi connectivity index (χ3v) is 6.76. The van der Waals surface area contributed by atoms with Crippen molar-refractivity contribution >= 4 is 9.84 Å². The van der Waals surface area contributed by atoms with Gasteiger partial charge in [0.25, 0.3) is 0 Å². The number of rotatable bonds is 3. The van der Waals surface area contributed by atoms with E-state index in [0.717, 1.165) is 25.8 Å². The summed E-state index contributed by atoms with van der Waals surface area (Å²) in [6.45, 7) is 0.895. The molecular weight excluding hydrogens is 262 g/mol. The molecule has 1 N–H and O–H groups in total. The third-order valence-electron chi connectivity index (χ3n) is 5.04. The van der Waals surface area contributed by atoms with E-state index in [1.165, 1.54) is 32.1 Å². The topological polar surface area (TPSA) is 55.4 Å². The molecule has 0 aromatic heterocycles. The van der Waals surface area contributed by atoms with Crippen LogP contribution in [0.5, 0.6) is 0 Å². The molecule has 110 valence electrons. The van der Waals surface area contributed by atoms with Crippen molar-refractivity contribution in [2.75, 3.05) is 18.1 Å². The summed E-state index contributed by atoms with van der Waals surface area (Å²) >= 11 is 0. The highest BCUT2D eigenvalue weighted by atomic mass is 32.2. The van der Waals surface area contributed by atoms with Crippen LogP contribution in [0.4, 0.5) is 0 Å². The molecule has 3 rings (SSSR count). The van der Waals surface area contributed by atoms with Crippen molar-refractivity contribution in [2.24, 2.45) is 0 Å². The third kappa shape index (κ3) is 3.31. The Labute approximate surface area is 116 Å². The second-order valence-electron chi connectivity index (χ2n) is 6.50. The first-order valence-corrected chi connectivity index (χ1v) is 9.51. The van der Waals surface area contributed by atoms with Gasteiger partial charge in [0.2, 0.25) is 0 Å².